The van der Waals surface area contributed by atoms with Crippen molar-refractivity contribution in [3.8, 4) is 0 Å². The van der Waals surface area contributed by atoms with E-state index in [9.17, 15) is 0 Å². The summed E-state index contributed by atoms with van der Waals surface area (Å²) in [6.45, 7) is 1.79. The van der Waals surface area contributed by atoms with Crippen LogP contribution in [0.3, 0.4) is 0 Å². The molecule has 0 radical (unpaired) electrons. The molecule has 1 aliphatic heterocycles. The Hall–Kier alpha value is -0.380. The molecule has 3 heteroatoms. The lowest BCUT2D eigenvalue weighted by atomic mass is 10.0. The third-order valence-electron chi connectivity index (χ3n) is 2.13. The highest BCUT2D eigenvalue weighted by molar-refractivity contribution is 7.10. The van der Waals surface area contributed by atoms with Gasteiger partial charge in [-0.1, -0.05) is 0 Å². The molecular formula is C8H12N2S. The quantitative estimate of drug-likeness (QED) is 0.653. The molecule has 1 atom stereocenters. The van der Waals surface area contributed by atoms with E-state index >= 15 is 0 Å². The van der Waals surface area contributed by atoms with Crippen LogP contribution in [0, 0.1) is 0 Å². The van der Waals surface area contributed by atoms with E-state index in [0.29, 0.717) is 12.6 Å². The molecule has 0 unspecified atom stereocenters. The predicted octanol–water partition coefficient (Wildman–Crippen LogP) is 0.894. The van der Waals surface area contributed by atoms with Gasteiger partial charge in [0.2, 0.25) is 0 Å². The Bertz CT molecular complexity index is 244. The lowest BCUT2D eigenvalue weighted by molar-refractivity contribution is 0.518. The molecule has 2 heterocycles. The van der Waals surface area contributed by atoms with Crippen molar-refractivity contribution in [3.05, 3.63) is 21.9 Å². The fraction of sp³-hybridized carbons (Fsp3) is 0.500. The third-order valence-corrected chi connectivity index (χ3v) is 3.13. The predicted molar refractivity (Wildman–Crippen MR) is 47.8 cm³/mol. The highest BCUT2D eigenvalue weighted by atomic mass is 32.1. The summed E-state index contributed by atoms with van der Waals surface area (Å²) in [5, 5.41) is 5.55. The largest absolute Gasteiger partial charge is 0.329 e. The summed E-state index contributed by atoms with van der Waals surface area (Å²) in [7, 11) is 0. The minimum atomic E-state index is 0.407. The first kappa shape index (κ1) is 7.28. The number of hydrogen-bond acceptors (Lipinski definition) is 3. The second kappa shape index (κ2) is 2.93. The molecule has 0 bridgehead atoms. The molecule has 1 aromatic rings. The highest BCUT2D eigenvalue weighted by Crippen LogP contribution is 2.26. The number of nitrogens with one attached hydrogen (secondary N) is 1. The van der Waals surface area contributed by atoms with Gasteiger partial charge < -0.3 is 11.1 Å². The van der Waals surface area contributed by atoms with E-state index in [2.05, 4.69) is 16.8 Å². The molecule has 0 amide bonds. The molecule has 3 N–H and O–H groups in total. The van der Waals surface area contributed by atoms with Crippen LogP contribution < -0.4 is 11.1 Å². The number of fused-ring (bicyclic) bond motifs is 1. The van der Waals surface area contributed by atoms with Gasteiger partial charge in [0.25, 0.3) is 0 Å². The van der Waals surface area contributed by atoms with Crippen LogP contribution in [0.1, 0.15) is 16.5 Å². The van der Waals surface area contributed by atoms with Gasteiger partial charge in [0.05, 0.1) is 0 Å². The van der Waals surface area contributed by atoms with E-state index in [-0.39, 0.29) is 0 Å². The standard InChI is InChI=1S/C8H12N2S/c9-5-7-6-2-4-11-8(6)1-3-10-7/h2,4,7,10H,1,3,5,9H2/t7-/m0/s1. The van der Waals surface area contributed by atoms with Gasteiger partial charge in [-0.15, -0.1) is 11.3 Å². The number of hydrogen-bond donors (Lipinski definition) is 2. The summed E-state index contributed by atoms with van der Waals surface area (Å²) in [5.41, 5.74) is 7.04. The van der Waals surface area contributed by atoms with Crippen LogP contribution in [-0.2, 0) is 6.42 Å². The summed E-state index contributed by atoms with van der Waals surface area (Å²) >= 11 is 1.85. The summed E-state index contributed by atoms with van der Waals surface area (Å²) in [4.78, 5) is 1.51. The van der Waals surface area contributed by atoms with Crippen molar-refractivity contribution in [2.75, 3.05) is 13.1 Å². The van der Waals surface area contributed by atoms with Crippen LogP contribution in [0.2, 0.25) is 0 Å². The Balaban J connectivity index is 2.32. The molecule has 0 fully saturated rings. The molecule has 2 nitrogen and oxygen atoms in total. The van der Waals surface area contributed by atoms with Crippen molar-refractivity contribution in [3.63, 3.8) is 0 Å². The summed E-state index contributed by atoms with van der Waals surface area (Å²) in [5.74, 6) is 0. The molecule has 11 heavy (non-hydrogen) atoms. The average Bonchev–Trinajstić information content (AvgIpc) is 2.50. The number of rotatable bonds is 1. The van der Waals surface area contributed by atoms with Crippen molar-refractivity contribution < 1.29 is 0 Å². The summed E-state index contributed by atoms with van der Waals surface area (Å²) < 4.78 is 0. The van der Waals surface area contributed by atoms with Gasteiger partial charge in [0, 0.05) is 24.0 Å². The Labute approximate surface area is 70.4 Å². The molecule has 0 aliphatic carbocycles. The van der Waals surface area contributed by atoms with Gasteiger partial charge in [-0.05, 0) is 23.4 Å². The molecule has 0 saturated heterocycles. The maximum absolute atomic E-state index is 5.62. The molecule has 0 aromatic carbocycles. The Morgan fingerprint density at radius 2 is 2.64 bits per heavy atom. The van der Waals surface area contributed by atoms with Gasteiger partial charge >= 0.3 is 0 Å². The van der Waals surface area contributed by atoms with Gasteiger partial charge in [-0.25, -0.2) is 0 Å². The molecule has 1 aliphatic rings. The minimum absolute atomic E-state index is 0.407. The highest BCUT2D eigenvalue weighted by Gasteiger charge is 2.18. The van der Waals surface area contributed by atoms with Crippen molar-refractivity contribution in [2.45, 2.75) is 12.5 Å². The van der Waals surface area contributed by atoms with E-state index in [1.807, 2.05) is 11.3 Å². The Kier molecular flexibility index (Phi) is 1.94. The van der Waals surface area contributed by atoms with Crippen LogP contribution in [-0.4, -0.2) is 13.1 Å². The Morgan fingerprint density at radius 1 is 1.73 bits per heavy atom. The zero-order chi connectivity index (χ0) is 7.68. The zero-order valence-electron chi connectivity index (χ0n) is 6.34. The molecule has 1 aromatic heterocycles. The lowest BCUT2D eigenvalue weighted by Gasteiger charge is -2.22. The summed E-state index contributed by atoms with van der Waals surface area (Å²) in [6.07, 6.45) is 1.17. The van der Waals surface area contributed by atoms with Crippen molar-refractivity contribution in [1.82, 2.24) is 5.32 Å². The normalized spacial score (nSPS) is 23.2. The van der Waals surface area contributed by atoms with E-state index < -0.39 is 0 Å². The van der Waals surface area contributed by atoms with E-state index in [4.69, 9.17) is 5.73 Å². The molecule has 2 rings (SSSR count). The second-order valence-corrected chi connectivity index (χ2v) is 3.79. The topological polar surface area (TPSA) is 38.0 Å². The molecular weight excluding hydrogens is 156 g/mol. The zero-order valence-corrected chi connectivity index (χ0v) is 7.16. The molecule has 60 valence electrons. The van der Waals surface area contributed by atoms with Crippen LogP contribution in [0.25, 0.3) is 0 Å². The smallest absolute Gasteiger partial charge is 0.0455 e. The summed E-state index contributed by atoms with van der Waals surface area (Å²) in [6, 6.07) is 2.59. The molecule has 0 spiro atoms. The molecule has 0 saturated carbocycles. The first-order chi connectivity index (χ1) is 5.42. The van der Waals surface area contributed by atoms with E-state index in [0.717, 1.165) is 6.54 Å². The van der Waals surface area contributed by atoms with Crippen molar-refractivity contribution in [1.29, 1.82) is 0 Å². The fourth-order valence-electron chi connectivity index (χ4n) is 1.54. The SMILES string of the molecule is NC[C@@H]1NCCc2sccc21. The van der Waals surface area contributed by atoms with E-state index in [1.54, 1.807) is 0 Å². The first-order valence-corrected chi connectivity index (χ1v) is 4.79. The fourth-order valence-corrected chi connectivity index (χ4v) is 2.49. The van der Waals surface area contributed by atoms with Gasteiger partial charge in [-0.2, -0.15) is 0 Å². The van der Waals surface area contributed by atoms with Crippen molar-refractivity contribution >= 4 is 11.3 Å². The third kappa shape index (κ3) is 1.20. The number of nitrogens with two attached hydrogens (primary N) is 1. The van der Waals surface area contributed by atoms with Gasteiger partial charge in [0.1, 0.15) is 0 Å². The van der Waals surface area contributed by atoms with E-state index in [1.165, 1.54) is 16.9 Å². The monoisotopic (exact) mass is 168 g/mol. The van der Waals surface area contributed by atoms with Gasteiger partial charge in [0.15, 0.2) is 0 Å². The van der Waals surface area contributed by atoms with Crippen LogP contribution in [0.4, 0.5) is 0 Å². The maximum Gasteiger partial charge on any atom is 0.0455 e. The van der Waals surface area contributed by atoms with Gasteiger partial charge in [-0.3, -0.25) is 0 Å². The van der Waals surface area contributed by atoms with Crippen LogP contribution >= 0.6 is 11.3 Å². The number of thiophene rings is 1. The minimum Gasteiger partial charge on any atom is -0.329 e. The van der Waals surface area contributed by atoms with Crippen LogP contribution in [0.15, 0.2) is 11.4 Å². The Morgan fingerprint density at radius 3 is 3.45 bits per heavy atom. The van der Waals surface area contributed by atoms with Crippen molar-refractivity contribution in [2.24, 2.45) is 5.73 Å². The van der Waals surface area contributed by atoms with Crippen LogP contribution in [0.5, 0.6) is 0 Å². The average molecular weight is 168 g/mol. The second-order valence-electron chi connectivity index (χ2n) is 2.79. The first-order valence-electron chi connectivity index (χ1n) is 3.91. The maximum atomic E-state index is 5.62. The lowest BCUT2D eigenvalue weighted by Crippen LogP contribution is -2.33.